The second-order valence-corrected chi connectivity index (χ2v) is 4.23. The summed E-state index contributed by atoms with van der Waals surface area (Å²) in [4.78, 5) is 15.0. The van der Waals surface area contributed by atoms with E-state index < -0.39 is 0 Å². The van der Waals surface area contributed by atoms with Crippen molar-refractivity contribution in [2.75, 3.05) is 13.2 Å². The monoisotopic (exact) mass is 185 g/mol. The first kappa shape index (κ1) is 8.01. The number of aromatic nitrogens is 1. The van der Waals surface area contributed by atoms with Crippen molar-refractivity contribution in [3.63, 3.8) is 0 Å². The van der Waals surface area contributed by atoms with Gasteiger partial charge in [-0.2, -0.15) is 0 Å². The number of hydrogen-bond donors (Lipinski definition) is 1. The molecule has 0 aromatic carbocycles. The van der Waals surface area contributed by atoms with Crippen LogP contribution >= 0.6 is 11.3 Å². The van der Waals surface area contributed by atoms with E-state index in [0.717, 1.165) is 30.2 Å². The zero-order valence-corrected chi connectivity index (χ0v) is 7.74. The first-order valence-corrected chi connectivity index (χ1v) is 4.86. The summed E-state index contributed by atoms with van der Waals surface area (Å²) in [6.07, 6.45) is 1.04. The molecule has 2 rings (SSSR count). The Labute approximate surface area is 74.4 Å². The van der Waals surface area contributed by atoms with Crippen molar-refractivity contribution < 1.29 is 4.74 Å². The fraction of sp³-hybridized carbons (Fsp3) is 0.625. The molecule has 0 saturated carbocycles. The zero-order valence-electron chi connectivity index (χ0n) is 6.92. The molecule has 0 spiro atoms. The number of aryl methyl sites for hydroxylation is 1. The molecule has 3 nitrogen and oxygen atoms in total. The van der Waals surface area contributed by atoms with Crippen LogP contribution in [0.4, 0.5) is 0 Å². The van der Waals surface area contributed by atoms with Gasteiger partial charge in [-0.05, 0) is 13.3 Å². The van der Waals surface area contributed by atoms with Crippen LogP contribution in [0.15, 0.2) is 4.79 Å². The molecular weight excluding hydrogens is 174 g/mol. The molecule has 1 fully saturated rings. The number of nitrogens with one attached hydrogen (secondary N) is 1. The van der Waals surface area contributed by atoms with Crippen LogP contribution in [0.2, 0.25) is 0 Å². The van der Waals surface area contributed by atoms with Crippen LogP contribution in [0.5, 0.6) is 0 Å². The van der Waals surface area contributed by atoms with Crippen LogP contribution in [-0.2, 0) is 4.74 Å². The van der Waals surface area contributed by atoms with Gasteiger partial charge in [0.1, 0.15) is 0 Å². The van der Waals surface area contributed by atoms with Crippen LogP contribution in [0.1, 0.15) is 22.9 Å². The highest BCUT2D eigenvalue weighted by Gasteiger charge is 2.21. The Morgan fingerprint density at radius 2 is 2.50 bits per heavy atom. The summed E-state index contributed by atoms with van der Waals surface area (Å²) in [5, 5.41) is 0. The SMILES string of the molecule is Cc1sc(=O)[nH]c1C1CCOC1. The normalized spacial score (nSPS) is 23.2. The molecule has 1 aliphatic heterocycles. The van der Waals surface area contributed by atoms with E-state index >= 15 is 0 Å². The fourth-order valence-corrected chi connectivity index (χ4v) is 2.34. The topological polar surface area (TPSA) is 42.1 Å². The average molecular weight is 185 g/mol. The molecule has 0 aliphatic carbocycles. The van der Waals surface area contributed by atoms with Gasteiger partial charge in [-0.15, -0.1) is 0 Å². The molecule has 1 atom stereocenters. The Bertz CT molecular complexity index is 322. The lowest BCUT2D eigenvalue weighted by Gasteiger charge is -2.04. The maximum atomic E-state index is 11.0. The minimum atomic E-state index is 0.0504. The second-order valence-electron chi connectivity index (χ2n) is 3.04. The van der Waals surface area contributed by atoms with Gasteiger partial charge in [0, 0.05) is 23.1 Å². The summed E-state index contributed by atoms with van der Waals surface area (Å²) < 4.78 is 5.26. The number of H-pyrrole nitrogens is 1. The van der Waals surface area contributed by atoms with E-state index in [-0.39, 0.29) is 4.87 Å². The van der Waals surface area contributed by atoms with Crippen molar-refractivity contribution in [3.8, 4) is 0 Å². The molecule has 1 N–H and O–H groups in total. The number of aromatic amines is 1. The van der Waals surface area contributed by atoms with Crippen molar-refractivity contribution in [1.29, 1.82) is 0 Å². The van der Waals surface area contributed by atoms with Crippen LogP contribution in [0.3, 0.4) is 0 Å². The first-order valence-electron chi connectivity index (χ1n) is 4.04. The molecular formula is C8H11NO2S. The van der Waals surface area contributed by atoms with Crippen LogP contribution in [0, 0.1) is 6.92 Å². The lowest BCUT2D eigenvalue weighted by atomic mass is 10.0. The molecule has 66 valence electrons. The predicted octanol–water partition coefficient (Wildman–Crippen LogP) is 1.25. The van der Waals surface area contributed by atoms with Crippen LogP contribution < -0.4 is 4.87 Å². The molecule has 0 bridgehead atoms. The summed E-state index contributed by atoms with van der Waals surface area (Å²) in [6, 6.07) is 0. The van der Waals surface area contributed by atoms with E-state index in [1.807, 2.05) is 6.92 Å². The third kappa shape index (κ3) is 1.32. The third-order valence-electron chi connectivity index (χ3n) is 2.20. The molecule has 1 aromatic heterocycles. The lowest BCUT2D eigenvalue weighted by Crippen LogP contribution is -2.02. The molecule has 0 amide bonds. The van der Waals surface area contributed by atoms with E-state index in [2.05, 4.69) is 4.98 Å². The quantitative estimate of drug-likeness (QED) is 0.715. The summed E-state index contributed by atoms with van der Waals surface area (Å²) >= 11 is 1.29. The smallest absolute Gasteiger partial charge is 0.304 e. The van der Waals surface area contributed by atoms with Gasteiger partial charge in [0.05, 0.1) is 6.61 Å². The molecule has 1 saturated heterocycles. The van der Waals surface area contributed by atoms with E-state index in [1.165, 1.54) is 11.3 Å². The Morgan fingerprint density at radius 3 is 3.00 bits per heavy atom. The lowest BCUT2D eigenvalue weighted by molar-refractivity contribution is 0.193. The van der Waals surface area contributed by atoms with Crippen LogP contribution in [-0.4, -0.2) is 18.2 Å². The Balaban J connectivity index is 2.31. The molecule has 2 heterocycles. The maximum absolute atomic E-state index is 11.0. The average Bonchev–Trinajstić information content (AvgIpc) is 2.58. The summed E-state index contributed by atoms with van der Waals surface area (Å²) in [7, 11) is 0. The number of hydrogen-bond acceptors (Lipinski definition) is 3. The molecule has 1 aliphatic rings. The number of thiazole rings is 1. The molecule has 12 heavy (non-hydrogen) atoms. The molecule has 0 radical (unpaired) electrons. The highest BCUT2D eigenvalue weighted by molar-refractivity contribution is 7.09. The maximum Gasteiger partial charge on any atom is 0.304 e. The van der Waals surface area contributed by atoms with Gasteiger partial charge in [0.15, 0.2) is 0 Å². The van der Waals surface area contributed by atoms with Crippen molar-refractivity contribution in [2.24, 2.45) is 0 Å². The number of ether oxygens (including phenoxy) is 1. The Kier molecular flexibility index (Phi) is 2.02. The van der Waals surface area contributed by atoms with Gasteiger partial charge in [-0.3, -0.25) is 4.79 Å². The summed E-state index contributed by atoms with van der Waals surface area (Å²) in [6.45, 7) is 3.56. The van der Waals surface area contributed by atoms with E-state index in [0.29, 0.717) is 5.92 Å². The predicted molar refractivity (Wildman–Crippen MR) is 47.9 cm³/mol. The molecule has 1 unspecified atom stereocenters. The van der Waals surface area contributed by atoms with Crippen molar-refractivity contribution in [2.45, 2.75) is 19.3 Å². The minimum absolute atomic E-state index is 0.0504. The van der Waals surface area contributed by atoms with Gasteiger partial charge in [-0.1, -0.05) is 11.3 Å². The molecule has 4 heteroatoms. The van der Waals surface area contributed by atoms with Gasteiger partial charge in [0.25, 0.3) is 0 Å². The molecule has 1 aromatic rings. The van der Waals surface area contributed by atoms with Crippen molar-refractivity contribution in [1.82, 2.24) is 4.98 Å². The van der Waals surface area contributed by atoms with Gasteiger partial charge in [0.2, 0.25) is 0 Å². The number of rotatable bonds is 1. The third-order valence-corrected chi connectivity index (χ3v) is 3.01. The standard InChI is InChI=1S/C8H11NO2S/c1-5-7(9-8(10)12-5)6-2-3-11-4-6/h6H,2-4H2,1H3,(H,9,10). The zero-order chi connectivity index (χ0) is 8.55. The van der Waals surface area contributed by atoms with E-state index in [9.17, 15) is 4.79 Å². The highest BCUT2D eigenvalue weighted by atomic mass is 32.1. The first-order chi connectivity index (χ1) is 5.77. The van der Waals surface area contributed by atoms with Gasteiger partial charge in [-0.25, -0.2) is 0 Å². The van der Waals surface area contributed by atoms with E-state index in [1.54, 1.807) is 0 Å². The largest absolute Gasteiger partial charge is 0.381 e. The van der Waals surface area contributed by atoms with Crippen molar-refractivity contribution >= 4 is 11.3 Å². The van der Waals surface area contributed by atoms with Crippen LogP contribution in [0.25, 0.3) is 0 Å². The van der Waals surface area contributed by atoms with Gasteiger partial charge < -0.3 is 9.72 Å². The van der Waals surface area contributed by atoms with Gasteiger partial charge >= 0.3 is 4.87 Å². The minimum Gasteiger partial charge on any atom is -0.381 e. The Morgan fingerprint density at radius 1 is 1.67 bits per heavy atom. The highest BCUT2D eigenvalue weighted by Crippen LogP contribution is 2.26. The van der Waals surface area contributed by atoms with E-state index in [4.69, 9.17) is 4.74 Å². The Hall–Kier alpha value is -0.610. The second kappa shape index (κ2) is 3.03. The fourth-order valence-electron chi connectivity index (χ4n) is 1.57. The summed E-state index contributed by atoms with van der Waals surface area (Å²) in [5.74, 6) is 0.420. The summed E-state index contributed by atoms with van der Waals surface area (Å²) in [5.41, 5.74) is 1.09. The van der Waals surface area contributed by atoms with Crippen molar-refractivity contribution in [3.05, 3.63) is 20.2 Å².